The van der Waals surface area contributed by atoms with Crippen molar-refractivity contribution in [2.24, 2.45) is 0 Å². The van der Waals surface area contributed by atoms with Crippen molar-refractivity contribution in [1.29, 1.82) is 0 Å². The van der Waals surface area contributed by atoms with Gasteiger partial charge in [0.2, 0.25) is 0 Å². The Labute approximate surface area is 161 Å². The molecular weight excluding hydrogens is 360 g/mol. The summed E-state index contributed by atoms with van der Waals surface area (Å²) in [4.78, 5) is 18.1. The topological polar surface area (TPSA) is 60.5 Å². The van der Waals surface area contributed by atoms with Gasteiger partial charge in [0, 0.05) is 11.1 Å². The van der Waals surface area contributed by atoms with Gasteiger partial charge in [-0.1, -0.05) is 42.1 Å². The molecule has 0 saturated carbocycles. The number of carbonyl (C=O) groups is 1. The number of aromatic nitrogens is 1. The molecule has 5 nitrogen and oxygen atoms in total. The van der Waals surface area contributed by atoms with E-state index in [0.29, 0.717) is 29.5 Å². The molecule has 136 valence electrons. The van der Waals surface area contributed by atoms with Crippen LogP contribution in [-0.2, 0) is 0 Å². The maximum absolute atomic E-state index is 12.7. The molecular formula is C21H18N2O3S. The van der Waals surface area contributed by atoms with Gasteiger partial charge in [-0.15, -0.1) is 0 Å². The van der Waals surface area contributed by atoms with Gasteiger partial charge in [0.25, 0.3) is 5.91 Å². The minimum Gasteiger partial charge on any atom is -0.486 e. The lowest BCUT2D eigenvalue weighted by atomic mass is 10.2. The summed E-state index contributed by atoms with van der Waals surface area (Å²) in [5, 5.41) is 3.60. The second-order valence-electron chi connectivity index (χ2n) is 5.98. The van der Waals surface area contributed by atoms with Crippen molar-refractivity contribution in [3.63, 3.8) is 0 Å². The summed E-state index contributed by atoms with van der Waals surface area (Å²) in [6.07, 6.45) is 1.46. The molecule has 27 heavy (non-hydrogen) atoms. The van der Waals surface area contributed by atoms with Crippen LogP contribution in [0.25, 0.3) is 0 Å². The van der Waals surface area contributed by atoms with Crippen LogP contribution in [-0.4, -0.2) is 30.1 Å². The first-order chi connectivity index (χ1) is 13.3. The van der Waals surface area contributed by atoms with E-state index >= 15 is 0 Å². The average molecular weight is 378 g/mol. The van der Waals surface area contributed by atoms with Gasteiger partial charge in [-0.2, -0.15) is 0 Å². The smallest absolute Gasteiger partial charge is 0.254 e. The summed E-state index contributed by atoms with van der Waals surface area (Å²) in [7, 11) is 0. The van der Waals surface area contributed by atoms with Crippen LogP contribution in [0.5, 0.6) is 11.5 Å². The molecule has 0 unspecified atom stereocenters. The van der Waals surface area contributed by atoms with Crippen LogP contribution in [0.3, 0.4) is 0 Å². The fourth-order valence-electron chi connectivity index (χ4n) is 2.71. The van der Waals surface area contributed by atoms with Crippen LogP contribution in [0.2, 0.25) is 0 Å². The SMILES string of the molecule is O=C(NC[C@H]1COc2ccccc2O1)c1cccnc1Sc1ccccc1. The number of para-hydroxylation sites is 2. The minimum atomic E-state index is -0.231. The molecule has 1 aliphatic rings. The molecule has 1 amide bonds. The molecule has 0 aliphatic carbocycles. The number of nitrogens with zero attached hydrogens (tertiary/aromatic N) is 1. The molecule has 2 aromatic carbocycles. The summed E-state index contributed by atoms with van der Waals surface area (Å²) >= 11 is 1.47. The Morgan fingerprint density at radius 1 is 1.04 bits per heavy atom. The Morgan fingerprint density at radius 3 is 2.67 bits per heavy atom. The molecule has 0 spiro atoms. The number of ether oxygens (including phenoxy) is 2. The highest BCUT2D eigenvalue weighted by atomic mass is 32.2. The number of amides is 1. The second kappa shape index (κ2) is 8.14. The van der Waals surface area contributed by atoms with Crippen molar-refractivity contribution in [1.82, 2.24) is 10.3 Å². The van der Waals surface area contributed by atoms with Crippen molar-refractivity contribution in [3.8, 4) is 11.5 Å². The Bertz CT molecular complexity index is 933. The van der Waals surface area contributed by atoms with Gasteiger partial charge < -0.3 is 14.8 Å². The predicted molar refractivity (Wildman–Crippen MR) is 103 cm³/mol. The third-order valence-electron chi connectivity index (χ3n) is 4.03. The quantitative estimate of drug-likeness (QED) is 0.732. The van der Waals surface area contributed by atoms with E-state index in [-0.39, 0.29) is 12.0 Å². The van der Waals surface area contributed by atoms with Crippen LogP contribution < -0.4 is 14.8 Å². The highest BCUT2D eigenvalue weighted by Crippen LogP contribution is 2.31. The lowest BCUT2D eigenvalue weighted by Crippen LogP contribution is -2.40. The molecule has 0 bridgehead atoms. The fraction of sp³-hybridized carbons (Fsp3) is 0.143. The first-order valence-electron chi connectivity index (χ1n) is 8.64. The Morgan fingerprint density at radius 2 is 1.81 bits per heavy atom. The van der Waals surface area contributed by atoms with Crippen LogP contribution in [0.1, 0.15) is 10.4 Å². The first kappa shape index (κ1) is 17.4. The van der Waals surface area contributed by atoms with E-state index in [0.717, 1.165) is 10.6 Å². The zero-order valence-corrected chi connectivity index (χ0v) is 15.3. The number of benzene rings is 2. The molecule has 0 saturated heterocycles. The van der Waals surface area contributed by atoms with Gasteiger partial charge in [0.05, 0.1) is 12.1 Å². The Hall–Kier alpha value is -2.99. The summed E-state index contributed by atoms with van der Waals surface area (Å²) in [5.74, 6) is 1.25. The van der Waals surface area contributed by atoms with E-state index in [2.05, 4.69) is 10.3 Å². The zero-order valence-electron chi connectivity index (χ0n) is 14.5. The summed E-state index contributed by atoms with van der Waals surface area (Å²) in [6, 6.07) is 20.9. The second-order valence-corrected chi connectivity index (χ2v) is 7.04. The molecule has 0 radical (unpaired) electrons. The Kier molecular flexibility index (Phi) is 5.25. The van der Waals surface area contributed by atoms with Crippen LogP contribution in [0.4, 0.5) is 0 Å². The van der Waals surface area contributed by atoms with Gasteiger partial charge in [0.15, 0.2) is 11.5 Å². The van der Waals surface area contributed by atoms with Gasteiger partial charge in [-0.25, -0.2) is 4.98 Å². The number of hydrogen-bond acceptors (Lipinski definition) is 5. The normalized spacial score (nSPS) is 15.2. The number of nitrogens with one attached hydrogen (secondary N) is 1. The molecule has 1 aliphatic heterocycles. The molecule has 4 rings (SSSR count). The van der Waals surface area contributed by atoms with E-state index in [1.54, 1.807) is 18.3 Å². The number of fused-ring (bicyclic) bond motifs is 1. The highest BCUT2D eigenvalue weighted by molar-refractivity contribution is 7.99. The maximum Gasteiger partial charge on any atom is 0.254 e. The lowest BCUT2D eigenvalue weighted by Gasteiger charge is -2.26. The number of hydrogen-bond donors (Lipinski definition) is 1. The van der Waals surface area contributed by atoms with Crippen LogP contribution in [0, 0.1) is 0 Å². The zero-order chi connectivity index (χ0) is 18.5. The van der Waals surface area contributed by atoms with Crippen LogP contribution in [0.15, 0.2) is 82.8 Å². The standard InChI is InChI=1S/C21H18N2O3S/c24-20(23-13-15-14-25-18-10-4-5-11-19(18)26-15)17-9-6-12-22-21(17)27-16-7-2-1-3-8-16/h1-12,15H,13-14H2,(H,23,24)/t15-/m0/s1. The van der Waals surface area contributed by atoms with Gasteiger partial charge >= 0.3 is 0 Å². The monoisotopic (exact) mass is 378 g/mol. The van der Waals surface area contributed by atoms with Crippen LogP contribution >= 0.6 is 11.8 Å². The predicted octanol–water partition coefficient (Wildman–Crippen LogP) is 3.80. The lowest BCUT2D eigenvalue weighted by molar-refractivity contribution is 0.0787. The van der Waals surface area contributed by atoms with Crippen molar-refractivity contribution < 1.29 is 14.3 Å². The highest BCUT2D eigenvalue weighted by Gasteiger charge is 2.22. The van der Waals surface area contributed by atoms with Crippen molar-refractivity contribution in [2.45, 2.75) is 16.0 Å². The molecule has 1 N–H and O–H groups in total. The third kappa shape index (κ3) is 4.23. The van der Waals surface area contributed by atoms with Crippen molar-refractivity contribution >= 4 is 17.7 Å². The third-order valence-corrected chi connectivity index (χ3v) is 5.06. The van der Waals surface area contributed by atoms with E-state index in [4.69, 9.17) is 9.47 Å². The first-order valence-corrected chi connectivity index (χ1v) is 9.46. The summed E-state index contributed by atoms with van der Waals surface area (Å²) in [5.41, 5.74) is 0.545. The Balaban J connectivity index is 1.40. The van der Waals surface area contributed by atoms with Gasteiger partial charge in [-0.3, -0.25) is 4.79 Å². The molecule has 1 aromatic heterocycles. The van der Waals surface area contributed by atoms with E-state index < -0.39 is 0 Å². The van der Waals surface area contributed by atoms with E-state index in [1.807, 2.05) is 54.6 Å². The molecule has 2 heterocycles. The van der Waals surface area contributed by atoms with Crippen molar-refractivity contribution in [3.05, 3.63) is 78.5 Å². The molecule has 3 aromatic rings. The fourth-order valence-corrected chi connectivity index (χ4v) is 3.61. The largest absolute Gasteiger partial charge is 0.486 e. The number of carbonyl (C=O) groups excluding carboxylic acids is 1. The van der Waals surface area contributed by atoms with E-state index in [9.17, 15) is 4.79 Å². The van der Waals surface area contributed by atoms with Gasteiger partial charge in [0.1, 0.15) is 17.7 Å². The average Bonchev–Trinajstić information content (AvgIpc) is 2.73. The van der Waals surface area contributed by atoms with E-state index in [1.165, 1.54) is 11.8 Å². The number of rotatable bonds is 5. The maximum atomic E-state index is 12.7. The van der Waals surface area contributed by atoms with Crippen molar-refractivity contribution in [2.75, 3.05) is 13.2 Å². The molecule has 6 heteroatoms. The molecule has 1 atom stereocenters. The molecule has 0 fully saturated rings. The van der Waals surface area contributed by atoms with Gasteiger partial charge in [-0.05, 0) is 36.4 Å². The summed E-state index contributed by atoms with van der Waals surface area (Å²) < 4.78 is 11.6. The number of pyridine rings is 1. The minimum absolute atomic E-state index is 0.177. The summed E-state index contributed by atoms with van der Waals surface area (Å²) in [6.45, 7) is 0.757.